The minimum absolute atomic E-state index is 0.161. The lowest BCUT2D eigenvalue weighted by molar-refractivity contribution is 0.0982. The number of anilines is 1. The fourth-order valence-electron chi connectivity index (χ4n) is 3.71. The zero-order chi connectivity index (χ0) is 22.0. The monoisotopic (exact) mass is 495 g/mol. The molecule has 8 heteroatoms. The molecular formula is C23H18BrN3O3S. The van der Waals surface area contributed by atoms with E-state index in [1.807, 2.05) is 6.07 Å². The molecule has 0 fully saturated rings. The number of hydrogen-bond acceptors (Lipinski definition) is 4. The highest BCUT2D eigenvalue weighted by molar-refractivity contribution is 9.10. The minimum atomic E-state index is -3.77. The van der Waals surface area contributed by atoms with Gasteiger partial charge in [0.15, 0.2) is 0 Å². The molecule has 1 unspecified atom stereocenters. The highest BCUT2D eigenvalue weighted by Crippen LogP contribution is 2.37. The zero-order valence-corrected chi connectivity index (χ0v) is 18.7. The number of rotatable bonds is 4. The van der Waals surface area contributed by atoms with Crippen LogP contribution in [0.5, 0.6) is 0 Å². The number of hydrogen-bond donors (Lipinski definition) is 1. The molecule has 3 aromatic carbocycles. The first-order chi connectivity index (χ1) is 14.9. The largest absolute Gasteiger partial charge is 0.305 e. The fraction of sp³-hybridized carbons (Fsp3) is 0.130. The van der Waals surface area contributed by atoms with Crippen molar-refractivity contribution in [1.29, 1.82) is 5.26 Å². The molecule has 0 saturated carbocycles. The van der Waals surface area contributed by atoms with Crippen LogP contribution in [-0.2, 0) is 16.4 Å². The Morgan fingerprint density at radius 3 is 2.35 bits per heavy atom. The first kappa shape index (κ1) is 21.2. The van der Waals surface area contributed by atoms with Gasteiger partial charge in [0.1, 0.15) is 0 Å². The Bertz CT molecular complexity index is 1270. The van der Waals surface area contributed by atoms with Crippen molar-refractivity contribution in [1.82, 2.24) is 4.72 Å². The third kappa shape index (κ3) is 4.39. The highest BCUT2D eigenvalue weighted by Gasteiger charge is 2.33. The van der Waals surface area contributed by atoms with Crippen molar-refractivity contribution in [2.75, 3.05) is 11.4 Å². The van der Waals surface area contributed by atoms with Crippen LogP contribution in [0.2, 0.25) is 0 Å². The summed E-state index contributed by atoms with van der Waals surface area (Å²) in [7, 11) is -3.77. The van der Waals surface area contributed by atoms with Crippen LogP contribution in [0.25, 0.3) is 0 Å². The lowest BCUT2D eigenvalue weighted by atomic mass is 9.96. The van der Waals surface area contributed by atoms with Crippen LogP contribution in [0.15, 0.2) is 82.2 Å². The molecule has 1 aliphatic heterocycles. The molecule has 156 valence electrons. The van der Waals surface area contributed by atoms with Gasteiger partial charge in [-0.2, -0.15) is 5.26 Å². The van der Waals surface area contributed by atoms with Crippen LogP contribution in [-0.4, -0.2) is 26.9 Å². The van der Waals surface area contributed by atoms with Crippen molar-refractivity contribution >= 4 is 37.5 Å². The molecule has 0 saturated heterocycles. The molecule has 0 aromatic heterocycles. The first-order valence-corrected chi connectivity index (χ1v) is 11.8. The quantitative estimate of drug-likeness (QED) is 0.594. The van der Waals surface area contributed by atoms with Crippen molar-refractivity contribution in [2.45, 2.75) is 17.4 Å². The van der Waals surface area contributed by atoms with E-state index >= 15 is 0 Å². The molecule has 0 aliphatic carbocycles. The van der Waals surface area contributed by atoms with Gasteiger partial charge < -0.3 is 4.90 Å². The lowest BCUT2D eigenvalue weighted by Gasteiger charge is -2.36. The van der Waals surface area contributed by atoms with E-state index in [-0.39, 0.29) is 17.3 Å². The van der Waals surface area contributed by atoms with Gasteiger partial charge in [0.2, 0.25) is 10.0 Å². The predicted molar refractivity (Wildman–Crippen MR) is 121 cm³/mol. The minimum Gasteiger partial charge on any atom is -0.305 e. The molecule has 1 N–H and O–H groups in total. The third-order valence-electron chi connectivity index (χ3n) is 5.05. The summed E-state index contributed by atoms with van der Waals surface area (Å²) in [6.45, 7) is 0.164. The molecule has 1 heterocycles. The molecule has 0 radical (unpaired) electrons. The highest BCUT2D eigenvalue weighted by atomic mass is 79.9. The van der Waals surface area contributed by atoms with Crippen molar-refractivity contribution < 1.29 is 13.2 Å². The van der Waals surface area contributed by atoms with Crippen LogP contribution in [0, 0.1) is 11.3 Å². The number of sulfonamides is 1. The summed E-state index contributed by atoms with van der Waals surface area (Å²) in [4.78, 5) is 15.0. The molecule has 1 aliphatic rings. The Hall–Kier alpha value is -2.99. The number of benzene rings is 3. The van der Waals surface area contributed by atoms with Crippen LogP contribution in [0.4, 0.5) is 5.69 Å². The average Bonchev–Trinajstić information content (AvgIpc) is 2.78. The number of carbonyl (C=O) groups is 1. The van der Waals surface area contributed by atoms with Gasteiger partial charge in [0.25, 0.3) is 5.91 Å². The Balaban J connectivity index is 1.74. The number of nitrogens with zero attached hydrogens (tertiary/aromatic N) is 2. The molecule has 0 spiro atoms. The predicted octanol–water partition coefficient (Wildman–Crippen LogP) is 3.87. The summed E-state index contributed by atoms with van der Waals surface area (Å²) < 4.78 is 29.1. The van der Waals surface area contributed by atoms with Crippen LogP contribution in [0.3, 0.4) is 0 Å². The van der Waals surface area contributed by atoms with Gasteiger partial charge in [-0.3, -0.25) is 4.79 Å². The molecule has 1 atom stereocenters. The second kappa shape index (κ2) is 8.63. The van der Waals surface area contributed by atoms with Crippen LogP contribution in [0.1, 0.15) is 21.5 Å². The Morgan fingerprint density at radius 2 is 1.71 bits per heavy atom. The van der Waals surface area contributed by atoms with Crippen molar-refractivity contribution in [3.8, 4) is 6.07 Å². The maximum atomic E-state index is 13.3. The Morgan fingerprint density at radius 1 is 1.06 bits per heavy atom. The molecule has 4 rings (SSSR count). The number of nitriles is 1. The van der Waals surface area contributed by atoms with Crippen molar-refractivity contribution in [3.05, 3.63) is 94.0 Å². The first-order valence-electron chi connectivity index (χ1n) is 9.56. The van der Waals surface area contributed by atoms with E-state index in [1.165, 1.54) is 12.1 Å². The summed E-state index contributed by atoms with van der Waals surface area (Å²) >= 11 is 3.49. The van der Waals surface area contributed by atoms with E-state index in [0.29, 0.717) is 27.7 Å². The maximum Gasteiger partial charge on any atom is 0.258 e. The third-order valence-corrected chi connectivity index (χ3v) is 7.19. The SMILES string of the molecule is N#Cc1cc(Br)c2c(c1)CC(NS(=O)(=O)c1ccccc1)CN2C(=O)c1ccccc1. The zero-order valence-electron chi connectivity index (χ0n) is 16.3. The Labute approximate surface area is 189 Å². The number of fused-ring (bicyclic) bond motifs is 1. The Kier molecular flexibility index (Phi) is 5.92. The molecular weight excluding hydrogens is 478 g/mol. The number of carbonyl (C=O) groups excluding carboxylic acids is 1. The average molecular weight is 496 g/mol. The molecule has 6 nitrogen and oxygen atoms in total. The summed E-state index contributed by atoms with van der Waals surface area (Å²) in [5.74, 6) is -0.240. The molecule has 0 bridgehead atoms. The van der Waals surface area contributed by atoms with E-state index in [2.05, 4.69) is 26.7 Å². The second-order valence-electron chi connectivity index (χ2n) is 7.19. The summed E-state index contributed by atoms with van der Waals surface area (Å²) in [6, 6.07) is 21.9. The van der Waals surface area contributed by atoms with Gasteiger partial charge in [-0.15, -0.1) is 0 Å². The van der Waals surface area contributed by atoms with Crippen molar-refractivity contribution in [3.63, 3.8) is 0 Å². The van der Waals surface area contributed by atoms with Gasteiger partial charge in [0, 0.05) is 22.6 Å². The fourth-order valence-corrected chi connectivity index (χ4v) is 5.67. The number of nitrogens with one attached hydrogen (secondary N) is 1. The van der Waals surface area contributed by atoms with Crippen molar-refractivity contribution in [2.24, 2.45) is 0 Å². The maximum absolute atomic E-state index is 13.3. The normalized spacial score (nSPS) is 15.7. The van der Waals surface area contributed by atoms with Gasteiger partial charge in [0.05, 0.1) is 22.2 Å². The summed E-state index contributed by atoms with van der Waals surface area (Å²) in [5, 5.41) is 9.35. The van der Waals surface area contributed by atoms with E-state index in [1.54, 1.807) is 59.5 Å². The van der Waals surface area contributed by atoms with E-state index in [4.69, 9.17) is 0 Å². The van der Waals surface area contributed by atoms with E-state index in [9.17, 15) is 18.5 Å². The molecule has 31 heavy (non-hydrogen) atoms. The van der Waals surface area contributed by atoms with Crippen LogP contribution < -0.4 is 9.62 Å². The van der Waals surface area contributed by atoms with Gasteiger partial charge in [-0.25, -0.2) is 13.1 Å². The van der Waals surface area contributed by atoms with E-state index in [0.717, 1.165) is 5.56 Å². The summed E-state index contributed by atoms with van der Waals surface area (Å²) in [6.07, 6.45) is 0.355. The van der Waals surface area contributed by atoms with Gasteiger partial charge in [-0.1, -0.05) is 36.4 Å². The van der Waals surface area contributed by atoms with Gasteiger partial charge in [-0.05, 0) is 64.3 Å². The second-order valence-corrected chi connectivity index (χ2v) is 9.76. The lowest BCUT2D eigenvalue weighted by Crippen LogP contribution is -2.50. The molecule has 3 aromatic rings. The van der Waals surface area contributed by atoms with Crippen LogP contribution >= 0.6 is 15.9 Å². The van der Waals surface area contributed by atoms with Gasteiger partial charge >= 0.3 is 0 Å². The molecule has 1 amide bonds. The summed E-state index contributed by atoms with van der Waals surface area (Å²) in [5.41, 5.74) is 2.31. The number of amides is 1. The number of halogens is 1. The topological polar surface area (TPSA) is 90.3 Å². The standard InChI is InChI=1S/C23H18BrN3O3S/c24-21-12-16(14-25)11-18-13-19(26-31(29,30)20-9-5-2-6-10-20)15-27(22(18)21)23(28)17-7-3-1-4-8-17/h1-12,19,26H,13,15H2. The van der Waals surface area contributed by atoms with E-state index < -0.39 is 16.1 Å². The smallest absolute Gasteiger partial charge is 0.258 e.